The van der Waals surface area contributed by atoms with Gasteiger partial charge in [-0.15, -0.1) is 11.3 Å². The van der Waals surface area contributed by atoms with Crippen molar-refractivity contribution in [2.45, 2.75) is 26.9 Å². The molecule has 1 amide bonds. The summed E-state index contributed by atoms with van der Waals surface area (Å²) in [6, 6.07) is 8.75. The predicted molar refractivity (Wildman–Crippen MR) is 98.2 cm³/mol. The molecule has 1 N–H and O–H groups in total. The van der Waals surface area contributed by atoms with Crippen molar-refractivity contribution in [2.24, 2.45) is 0 Å². The van der Waals surface area contributed by atoms with Crippen LogP contribution in [0.3, 0.4) is 0 Å². The molecule has 1 fully saturated rings. The Morgan fingerprint density at radius 1 is 1.21 bits per heavy atom. The summed E-state index contributed by atoms with van der Waals surface area (Å²) in [7, 11) is 0. The van der Waals surface area contributed by atoms with Gasteiger partial charge in [0.1, 0.15) is 0 Å². The van der Waals surface area contributed by atoms with Gasteiger partial charge in [0.25, 0.3) is 0 Å². The van der Waals surface area contributed by atoms with Gasteiger partial charge >= 0.3 is 0 Å². The quantitative estimate of drug-likeness (QED) is 0.906. The number of carbonyl (C=O) groups excluding carboxylic acids is 1. The van der Waals surface area contributed by atoms with E-state index in [1.54, 1.807) is 0 Å². The van der Waals surface area contributed by atoms with E-state index in [1.165, 1.54) is 29.4 Å². The van der Waals surface area contributed by atoms with Gasteiger partial charge in [-0.05, 0) is 12.5 Å². The Hall–Kier alpha value is -1.76. The second-order valence-corrected chi connectivity index (χ2v) is 7.22. The van der Waals surface area contributed by atoms with Crippen LogP contribution < -0.4 is 5.32 Å². The number of nitrogens with zero attached hydrogens (tertiary/aromatic N) is 3. The minimum absolute atomic E-state index is 0.0688. The number of piperazine rings is 1. The Morgan fingerprint density at radius 2 is 1.92 bits per heavy atom. The van der Waals surface area contributed by atoms with E-state index >= 15 is 0 Å². The van der Waals surface area contributed by atoms with Crippen LogP contribution in [0.1, 0.15) is 23.7 Å². The van der Waals surface area contributed by atoms with E-state index in [4.69, 9.17) is 0 Å². The average molecular weight is 344 g/mol. The third-order valence-electron chi connectivity index (χ3n) is 4.17. The summed E-state index contributed by atoms with van der Waals surface area (Å²) in [6.45, 7) is 9.80. The number of thiazole rings is 1. The number of benzene rings is 1. The molecular weight excluding hydrogens is 320 g/mol. The number of amides is 1. The first-order valence-electron chi connectivity index (χ1n) is 8.31. The molecule has 128 valence electrons. The van der Waals surface area contributed by atoms with Gasteiger partial charge in [-0.1, -0.05) is 29.8 Å². The zero-order chi connectivity index (χ0) is 16.9. The Morgan fingerprint density at radius 3 is 2.58 bits per heavy atom. The topological polar surface area (TPSA) is 48.5 Å². The van der Waals surface area contributed by atoms with Gasteiger partial charge < -0.3 is 5.32 Å². The first kappa shape index (κ1) is 17.1. The van der Waals surface area contributed by atoms with E-state index in [2.05, 4.69) is 51.3 Å². The summed E-state index contributed by atoms with van der Waals surface area (Å²) in [5.41, 5.74) is 3.75. The Labute approximate surface area is 147 Å². The second kappa shape index (κ2) is 7.88. The van der Waals surface area contributed by atoms with Gasteiger partial charge in [-0.25, -0.2) is 4.98 Å². The molecule has 6 heteroatoms. The van der Waals surface area contributed by atoms with Crippen LogP contribution in [0, 0.1) is 6.92 Å². The summed E-state index contributed by atoms with van der Waals surface area (Å²) in [4.78, 5) is 20.5. The lowest BCUT2D eigenvalue weighted by molar-refractivity contribution is -0.114. The summed E-state index contributed by atoms with van der Waals surface area (Å²) >= 11 is 1.49. The zero-order valence-electron chi connectivity index (χ0n) is 14.3. The lowest BCUT2D eigenvalue weighted by atomic mass is 10.1. The molecule has 0 saturated carbocycles. The number of anilines is 1. The Balaban J connectivity index is 1.46. The fourth-order valence-electron chi connectivity index (χ4n) is 2.99. The molecule has 1 aromatic carbocycles. The van der Waals surface area contributed by atoms with Crippen LogP contribution in [0.4, 0.5) is 5.13 Å². The molecular formula is C18H24N4OS. The third-order valence-corrected chi connectivity index (χ3v) is 4.98. The molecule has 0 aliphatic carbocycles. The number of hydrogen-bond donors (Lipinski definition) is 1. The molecule has 2 heterocycles. The summed E-state index contributed by atoms with van der Waals surface area (Å²) in [5.74, 6) is -0.0688. The smallest absolute Gasteiger partial charge is 0.223 e. The maximum Gasteiger partial charge on any atom is 0.223 e. The summed E-state index contributed by atoms with van der Waals surface area (Å²) in [5, 5.41) is 5.47. The van der Waals surface area contributed by atoms with Crippen molar-refractivity contribution >= 4 is 22.4 Å². The largest absolute Gasteiger partial charge is 0.302 e. The number of hydrogen-bond acceptors (Lipinski definition) is 5. The molecule has 0 spiro atoms. The Kier molecular flexibility index (Phi) is 5.60. The monoisotopic (exact) mass is 344 g/mol. The molecule has 1 aliphatic heterocycles. The molecule has 0 bridgehead atoms. The van der Waals surface area contributed by atoms with Crippen molar-refractivity contribution in [3.63, 3.8) is 0 Å². The van der Waals surface area contributed by atoms with Crippen molar-refractivity contribution in [3.05, 3.63) is 46.5 Å². The fourth-order valence-corrected chi connectivity index (χ4v) is 3.74. The van der Waals surface area contributed by atoms with Crippen molar-refractivity contribution in [2.75, 3.05) is 31.5 Å². The van der Waals surface area contributed by atoms with Crippen LogP contribution in [0.5, 0.6) is 0 Å². The fraction of sp³-hybridized carbons (Fsp3) is 0.444. The van der Waals surface area contributed by atoms with Crippen LogP contribution in [-0.4, -0.2) is 46.9 Å². The van der Waals surface area contributed by atoms with E-state index < -0.39 is 0 Å². The van der Waals surface area contributed by atoms with Gasteiger partial charge in [0, 0.05) is 51.6 Å². The van der Waals surface area contributed by atoms with Crippen LogP contribution in [0.2, 0.25) is 0 Å². The number of aromatic nitrogens is 1. The molecule has 0 unspecified atom stereocenters. The molecule has 3 rings (SSSR count). The average Bonchev–Trinajstić information content (AvgIpc) is 2.95. The number of aryl methyl sites for hydroxylation is 1. The van der Waals surface area contributed by atoms with Crippen LogP contribution >= 0.6 is 11.3 Å². The highest BCUT2D eigenvalue weighted by molar-refractivity contribution is 7.13. The van der Waals surface area contributed by atoms with Crippen molar-refractivity contribution in [1.29, 1.82) is 0 Å². The lowest BCUT2D eigenvalue weighted by Crippen LogP contribution is -2.45. The molecule has 1 aliphatic rings. The molecule has 0 atom stereocenters. The standard InChI is InChI=1S/C18H24N4OS/c1-14-4-3-5-16(10-14)11-21-6-8-22(9-7-21)12-17-13-24-18(20-17)19-15(2)23/h3-5,10,13H,6-9,11-12H2,1-2H3,(H,19,20,23). The first-order valence-corrected chi connectivity index (χ1v) is 9.19. The molecule has 1 aromatic heterocycles. The maximum atomic E-state index is 11.1. The lowest BCUT2D eigenvalue weighted by Gasteiger charge is -2.34. The van der Waals surface area contributed by atoms with Gasteiger partial charge in [0.15, 0.2) is 5.13 Å². The molecule has 5 nitrogen and oxygen atoms in total. The van der Waals surface area contributed by atoms with Gasteiger partial charge in [0.05, 0.1) is 5.69 Å². The third kappa shape index (κ3) is 4.87. The van der Waals surface area contributed by atoms with E-state index in [-0.39, 0.29) is 5.91 Å². The highest BCUT2D eigenvalue weighted by Gasteiger charge is 2.18. The predicted octanol–water partition coefficient (Wildman–Crippen LogP) is 2.73. The SMILES string of the molecule is CC(=O)Nc1nc(CN2CCN(Cc3cccc(C)c3)CC2)cs1. The number of rotatable bonds is 5. The number of nitrogens with one attached hydrogen (secondary N) is 1. The maximum absolute atomic E-state index is 11.1. The van der Waals surface area contributed by atoms with E-state index in [1.807, 2.05) is 5.38 Å². The molecule has 0 radical (unpaired) electrons. The molecule has 2 aromatic rings. The van der Waals surface area contributed by atoms with E-state index in [9.17, 15) is 4.79 Å². The minimum Gasteiger partial charge on any atom is -0.302 e. The summed E-state index contributed by atoms with van der Waals surface area (Å²) in [6.07, 6.45) is 0. The van der Waals surface area contributed by atoms with Crippen LogP contribution in [0.25, 0.3) is 0 Å². The van der Waals surface area contributed by atoms with E-state index in [0.717, 1.165) is 45.0 Å². The van der Waals surface area contributed by atoms with Crippen LogP contribution in [0.15, 0.2) is 29.6 Å². The second-order valence-electron chi connectivity index (χ2n) is 6.37. The highest BCUT2D eigenvalue weighted by Crippen LogP contribution is 2.18. The zero-order valence-corrected chi connectivity index (χ0v) is 15.1. The molecule has 24 heavy (non-hydrogen) atoms. The highest BCUT2D eigenvalue weighted by atomic mass is 32.1. The first-order chi connectivity index (χ1) is 11.6. The normalized spacial score (nSPS) is 16.2. The molecule has 1 saturated heterocycles. The van der Waals surface area contributed by atoms with Gasteiger partial charge in [0.2, 0.25) is 5.91 Å². The van der Waals surface area contributed by atoms with Crippen molar-refractivity contribution in [3.8, 4) is 0 Å². The van der Waals surface area contributed by atoms with Gasteiger partial charge in [-0.3, -0.25) is 14.6 Å². The number of carbonyl (C=O) groups is 1. The van der Waals surface area contributed by atoms with Crippen molar-refractivity contribution in [1.82, 2.24) is 14.8 Å². The summed E-state index contributed by atoms with van der Waals surface area (Å²) < 4.78 is 0. The minimum atomic E-state index is -0.0688. The van der Waals surface area contributed by atoms with Gasteiger partial charge in [-0.2, -0.15) is 0 Å². The Bertz CT molecular complexity index is 692. The van der Waals surface area contributed by atoms with Crippen LogP contribution in [-0.2, 0) is 17.9 Å². The van der Waals surface area contributed by atoms with E-state index in [0.29, 0.717) is 5.13 Å². The van der Waals surface area contributed by atoms with Crippen molar-refractivity contribution < 1.29 is 4.79 Å².